The number of aromatic nitrogens is 2. The molecule has 1 aromatic heterocycles. The third kappa shape index (κ3) is 2.24. The average molecular weight is 294 g/mol. The minimum absolute atomic E-state index is 0.0318. The Kier molecular flexibility index (Phi) is 3.13. The van der Waals surface area contributed by atoms with E-state index in [2.05, 4.69) is 10.2 Å². The molecule has 0 saturated heterocycles. The Morgan fingerprint density at radius 1 is 1.33 bits per heavy atom. The van der Waals surface area contributed by atoms with Crippen molar-refractivity contribution in [3.63, 3.8) is 0 Å². The van der Waals surface area contributed by atoms with Crippen LogP contribution >= 0.6 is 0 Å². The average Bonchev–Trinajstić information content (AvgIpc) is 2.82. The van der Waals surface area contributed by atoms with Crippen LogP contribution in [0.4, 0.5) is 4.39 Å². The number of ether oxygens (including phenoxy) is 2. The van der Waals surface area contributed by atoms with E-state index in [1.165, 1.54) is 6.07 Å². The summed E-state index contributed by atoms with van der Waals surface area (Å²) in [6, 6.07) is 2.22. The van der Waals surface area contributed by atoms with Crippen molar-refractivity contribution in [2.45, 2.75) is 6.42 Å². The molecule has 8 heteroatoms. The maximum atomic E-state index is 13.8. The fourth-order valence-electron chi connectivity index (χ4n) is 2.06. The van der Waals surface area contributed by atoms with Crippen LogP contribution in [0.15, 0.2) is 12.1 Å². The first-order valence-electron chi connectivity index (χ1n) is 6.18. The normalized spacial score (nSPS) is 13.8. The summed E-state index contributed by atoms with van der Waals surface area (Å²) in [5.74, 6) is -2.47. The number of hydrogen-bond donors (Lipinski definition) is 3. The fourth-order valence-corrected chi connectivity index (χ4v) is 2.06. The number of carboxylic acids is 1. The number of aromatic hydroxyl groups is 1. The lowest BCUT2D eigenvalue weighted by Gasteiger charge is -2.13. The molecular weight excluding hydrogens is 283 g/mol. The van der Waals surface area contributed by atoms with E-state index in [0.29, 0.717) is 19.6 Å². The minimum Gasteiger partial charge on any atom is -0.504 e. The Balaban J connectivity index is 2.19. The summed E-state index contributed by atoms with van der Waals surface area (Å²) in [5, 5.41) is 24.9. The number of aromatic carboxylic acids is 1. The highest BCUT2D eigenvalue weighted by Gasteiger charge is 2.25. The third-order valence-corrected chi connectivity index (χ3v) is 3.03. The Labute approximate surface area is 117 Å². The predicted octanol–water partition coefficient (Wildman–Crippen LogP) is 1.78. The number of fused-ring (bicyclic) bond motifs is 1. The highest BCUT2D eigenvalue weighted by molar-refractivity contribution is 5.88. The van der Waals surface area contributed by atoms with Crippen LogP contribution in [0, 0.1) is 5.82 Å². The smallest absolute Gasteiger partial charge is 0.353 e. The number of phenolic OH excluding ortho intramolecular Hbond substituents is 1. The zero-order valence-corrected chi connectivity index (χ0v) is 10.7. The highest BCUT2D eigenvalue weighted by Crippen LogP contribution is 2.46. The molecule has 110 valence electrons. The molecule has 0 spiro atoms. The molecule has 2 heterocycles. The van der Waals surface area contributed by atoms with Crippen molar-refractivity contribution in [3.8, 4) is 28.5 Å². The van der Waals surface area contributed by atoms with Gasteiger partial charge in [-0.25, -0.2) is 9.18 Å². The van der Waals surface area contributed by atoms with Gasteiger partial charge in [0.25, 0.3) is 0 Å². The van der Waals surface area contributed by atoms with Crippen molar-refractivity contribution < 1.29 is 28.9 Å². The zero-order valence-electron chi connectivity index (χ0n) is 10.7. The van der Waals surface area contributed by atoms with E-state index in [-0.39, 0.29) is 28.5 Å². The second kappa shape index (κ2) is 4.97. The van der Waals surface area contributed by atoms with E-state index in [1.54, 1.807) is 0 Å². The number of rotatable bonds is 2. The van der Waals surface area contributed by atoms with Crippen molar-refractivity contribution in [1.29, 1.82) is 0 Å². The summed E-state index contributed by atoms with van der Waals surface area (Å²) >= 11 is 0. The molecule has 2 aromatic rings. The van der Waals surface area contributed by atoms with E-state index in [9.17, 15) is 14.3 Å². The largest absolute Gasteiger partial charge is 0.504 e. The zero-order chi connectivity index (χ0) is 15.0. The van der Waals surface area contributed by atoms with Crippen molar-refractivity contribution in [3.05, 3.63) is 23.6 Å². The van der Waals surface area contributed by atoms with Gasteiger partial charge in [-0.15, -0.1) is 0 Å². The van der Waals surface area contributed by atoms with Gasteiger partial charge in [0.2, 0.25) is 0 Å². The quantitative estimate of drug-likeness (QED) is 0.779. The predicted molar refractivity (Wildman–Crippen MR) is 68.2 cm³/mol. The number of nitrogens with one attached hydrogen (secondary N) is 1. The van der Waals surface area contributed by atoms with Crippen molar-refractivity contribution in [1.82, 2.24) is 10.2 Å². The first-order valence-corrected chi connectivity index (χ1v) is 6.18. The summed E-state index contributed by atoms with van der Waals surface area (Å²) in [6.07, 6.45) is 0.609. The van der Waals surface area contributed by atoms with Crippen molar-refractivity contribution in [2.75, 3.05) is 13.2 Å². The molecule has 7 nitrogen and oxygen atoms in total. The molecule has 3 N–H and O–H groups in total. The highest BCUT2D eigenvalue weighted by atomic mass is 19.1. The standard InChI is InChI=1S/C13H11FN2O5/c14-6-4-9-12(21-3-1-2-20-9)10(11(6)17)7-5-8(13(18)19)16-15-7/h4-5,17H,1-3H2,(H,15,16)(H,18,19). The van der Waals surface area contributed by atoms with Gasteiger partial charge in [-0.05, 0) is 6.07 Å². The van der Waals surface area contributed by atoms with Crippen LogP contribution in [0.1, 0.15) is 16.9 Å². The van der Waals surface area contributed by atoms with Crippen molar-refractivity contribution in [2.24, 2.45) is 0 Å². The fraction of sp³-hybridized carbons (Fsp3) is 0.231. The Morgan fingerprint density at radius 2 is 2.10 bits per heavy atom. The molecule has 0 radical (unpaired) electrons. The van der Waals surface area contributed by atoms with Crippen LogP contribution in [-0.4, -0.2) is 39.6 Å². The summed E-state index contributed by atoms with van der Waals surface area (Å²) in [4.78, 5) is 10.9. The lowest BCUT2D eigenvalue weighted by Crippen LogP contribution is -1.98. The van der Waals surface area contributed by atoms with Crippen LogP contribution in [-0.2, 0) is 0 Å². The topological polar surface area (TPSA) is 105 Å². The van der Waals surface area contributed by atoms with E-state index in [1.807, 2.05) is 0 Å². The van der Waals surface area contributed by atoms with Crippen LogP contribution in [0.25, 0.3) is 11.3 Å². The first-order chi connectivity index (χ1) is 10.1. The van der Waals surface area contributed by atoms with E-state index >= 15 is 0 Å². The Hall–Kier alpha value is -2.77. The Bertz CT molecular complexity index is 713. The van der Waals surface area contributed by atoms with Gasteiger partial charge in [-0.3, -0.25) is 5.10 Å². The van der Waals surface area contributed by atoms with Gasteiger partial charge in [-0.1, -0.05) is 0 Å². The molecule has 0 atom stereocenters. The van der Waals surface area contributed by atoms with Gasteiger partial charge in [0.1, 0.15) is 11.4 Å². The number of nitrogens with zero attached hydrogens (tertiary/aromatic N) is 1. The molecule has 3 rings (SSSR count). The van der Waals surface area contributed by atoms with Crippen LogP contribution < -0.4 is 9.47 Å². The maximum absolute atomic E-state index is 13.8. The van der Waals surface area contributed by atoms with E-state index in [4.69, 9.17) is 14.6 Å². The van der Waals surface area contributed by atoms with Crippen LogP contribution in [0.2, 0.25) is 0 Å². The second-order valence-electron chi connectivity index (χ2n) is 4.43. The number of H-pyrrole nitrogens is 1. The lowest BCUT2D eigenvalue weighted by atomic mass is 10.1. The summed E-state index contributed by atoms with van der Waals surface area (Å²) < 4.78 is 24.7. The number of hydrogen-bond acceptors (Lipinski definition) is 5. The molecule has 0 unspecified atom stereocenters. The monoisotopic (exact) mass is 294 g/mol. The first kappa shape index (κ1) is 13.2. The molecule has 21 heavy (non-hydrogen) atoms. The van der Waals surface area contributed by atoms with Crippen LogP contribution in [0.5, 0.6) is 17.2 Å². The van der Waals surface area contributed by atoms with Gasteiger partial charge in [0.15, 0.2) is 23.1 Å². The SMILES string of the molecule is O=C(O)c1cc(-c2c(O)c(F)cc3c2OCCCO3)n[nH]1. The molecule has 1 aliphatic heterocycles. The molecular formula is C13H11FN2O5. The van der Waals surface area contributed by atoms with E-state index < -0.39 is 17.5 Å². The number of aromatic amines is 1. The van der Waals surface area contributed by atoms with E-state index in [0.717, 1.165) is 6.07 Å². The molecule has 1 aliphatic rings. The number of carboxylic acid groups (broad SMARTS) is 1. The summed E-state index contributed by atoms with van der Waals surface area (Å²) in [6.45, 7) is 0.693. The second-order valence-corrected chi connectivity index (χ2v) is 4.43. The number of carbonyl (C=O) groups is 1. The molecule has 0 aliphatic carbocycles. The number of halogens is 1. The number of phenols is 1. The lowest BCUT2D eigenvalue weighted by molar-refractivity contribution is 0.0690. The Morgan fingerprint density at radius 3 is 2.81 bits per heavy atom. The van der Waals surface area contributed by atoms with Gasteiger partial charge < -0.3 is 19.7 Å². The molecule has 0 saturated carbocycles. The van der Waals surface area contributed by atoms with Gasteiger partial charge >= 0.3 is 5.97 Å². The van der Waals surface area contributed by atoms with Gasteiger partial charge in [0, 0.05) is 12.5 Å². The van der Waals surface area contributed by atoms with Gasteiger partial charge in [-0.2, -0.15) is 5.10 Å². The van der Waals surface area contributed by atoms with Gasteiger partial charge in [0.05, 0.1) is 18.8 Å². The molecule has 1 aromatic carbocycles. The van der Waals surface area contributed by atoms with Crippen LogP contribution in [0.3, 0.4) is 0 Å². The molecule has 0 amide bonds. The third-order valence-electron chi connectivity index (χ3n) is 3.03. The minimum atomic E-state index is -1.21. The summed E-state index contributed by atoms with van der Waals surface area (Å²) in [5.41, 5.74) is -0.154. The number of benzene rings is 1. The molecule has 0 bridgehead atoms. The summed E-state index contributed by atoms with van der Waals surface area (Å²) in [7, 11) is 0. The van der Waals surface area contributed by atoms with Crippen molar-refractivity contribution >= 4 is 5.97 Å². The maximum Gasteiger partial charge on any atom is 0.353 e. The molecule has 0 fully saturated rings.